The van der Waals surface area contributed by atoms with Crippen LogP contribution in [0.15, 0.2) is 72.8 Å². The number of hydrogen-bond acceptors (Lipinski definition) is 4. The SMILES string of the molecule is COC(=O)COc1cccc2c1c1c(n2Cc2cccc(-c3ccccc3)c2)CCCCC1C(N)=O. The van der Waals surface area contributed by atoms with E-state index < -0.39 is 11.9 Å². The number of esters is 1. The highest BCUT2D eigenvalue weighted by Crippen LogP contribution is 2.42. The minimum atomic E-state index is -0.457. The first-order chi connectivity index (χ1) is 17.6. The van der Waals surface area contributed by atoms with E-state index in [2.05, 4.69) is 41.0 Å². The molecule has 6 heteroatoms. The summed E-state index contributed by atoms with van der Waals surface area (Å²) in [5.74, 6) is -0.614. The number of primary amides is 1. The number of hydrogen-bond donors (Lipinski definition) is 1. The van der Waals surface area contributed by atoms with Crippen molar-refractivity contribution in [1.29, 1.82) is 0 Å². The molecule has 1 aliphatic rings. The normalized spacial score (nSPS) is 15.2. The summed E-state index contributed by atoms with van der Waals surface area (Å²) in [6, 6.07) is 24.7. The van der Waals surface area contributed by atoms with Gasteiger partial charge in [0.2, 0.25) is 5.91 Å². The molecule has 2 N–H and O–H groups in total. The number of benzene rings is 3. The van der Waals surface area contributed by atoms with Crippen molar-refractivity contribution in [3.8, 4) is 16.9 Å². The number of carbonyl (C=O) groups is 2. The quantitative estimate of drug-likeness (QED) is 0.290. The largest absolute Gasteiger partial charge is 0.481 e. The topological polar surface area (TPSA) is 83.6 Å². The summed E-state index contributed by atoms with van der Waals surface area (Å²) in [4.78, 5) is 24.4. The smallest absolute Gasteiger partial charge is 0.343 e. The van der Waals surface area contributed by atoms with Gasteiger partial charge in [-0.1, -0.05) is 61.0 Å². The van der Waals surface area contributed by atoms with Gasteiger partial charge in [-0.15, -0.1) is 0 Å². The second-order valence-electron chi connectivity index (χ2n) is 9.23. The maximum atomic E-state index is 12.6. The molecule has 5 rings (SSSR count). The number of aromatic nitrogens is 1. The van der Waals surface area contributed by atoms with Crippen LogP contribution >= 0.6 is 0 Å². The third-order valence-electron chi connectivity index (χ3n) is 7.00. The third-order valence-corrected chi connectivity index (χ3v) is 7.00. The van der Waals surface area contributed by atoms with E-state index in [9.17, 15) is 9.59 Å². The lowest BCUT2D eigenvalue weighted by Gasteiger charge is -2.14. The molecular formula is C30H30N2O4. The molecule has 1 atom stereocenters. The second kappa shape index (κ2) is 10.3. The molecule has 4 aromatic rings. The minimum Gasteiger partial charge on any atom is -0.481 e. The van der Waals surface area contributed by atoms with Gasteiger partial charge >= 0.3 is 5.97 Å². The summed E-state index contributed by atoms with van der Waals surface area (Å²) in [7, 11) is 1.33. The molecule has 0 spiro atoms. The molecule has 0 radical (unpaired) electrons. The van der Waals surface area contributed by atoms with Crippen molar-refractivity contribution in [1.82, 2.24) is 4.57 Å². The molecule has 184 valence electrons. The van der Waals surface area contributed by atoms with E-state index in [1.807, 2.05) is 36.4 Å². The lowest BCUT2D eigenvalue weighted by Crippen LogP contribution is -2.21. The average Bonchev–Trinajstić information content (AvgIpc) is 3.05. The van der Waals surface area contributed by atoms with E-state index in [0.29, 0.717) is 18.7 Å². The molecule has 6 nitrogen and oxygen atoms in total. The Kier molecular flexibility index (Phi) is 6.76. The van der Waals surface area contributed by atoms with Crippen LogP contribution < -0.4 is 10.5 Å². The first-order valence-electron chi connectivity index (χ1n) is 12.3. The molecule has 0 saturated heterocycles. The highest BCUT2D eigenvalue weighted by molar-refractivity contribution is 5.97. The number of rotatable bonds is 7. The molecule has 0 bridgehead atoms. The van der Waals surface area contributed by atoms with Gasteiger partial charge in [-0.2, -0.15) is 0 Å². The van der Waals surface area contributed by atoms with Gasteiger partial charge in [-0.3, -0.25) is 4.79 Å². The monoisotopic (exact) mass is 482 g/mol. The lowest BCUT2D eigenvalue weighted by atomic mass is 9.92. The molecule has 0 aliphatic heterocycles. The molecule has 1 aliphatic carbocycles. The Bertz CT molecular complexity index is 1410. The molecule has 1 amide bonds. The van der Waals surface area contributed by atoms with Crippen LogP contribution in [0, 0.1) is 0 Å². The Balaban J connectivity index is 1.64. The first kappa shape index (κ1) is 23.7. The summed E-state index contributed by atoms with van der Waals surface area (Å²) >= 11 is 0. The van der Waals surface area contributed by atoms with E-state index in [4.69, 9.17) is 15.2 Å². The molecule has 0 saturated carbocycles. The van der Waals surface area contributed by atoms with Gasteiger partial charge in [0.05, 0.1) is 18.5 Å². The van der Waals surface area contributed by atoms with Gasteiger partial charge in [-0.25, -0.2) is 4.79 Å². The van der Waals surface area contributed by atoms with Crippen molar-refractivity contribution in [3.05, 3.63) is 89.6 Å². The summed E-state index contributed by atoms with van der Waals surface area (Å²) in [6.07, 6.45) is 3.47. The zero-order valence-electron chi connectivity index (χ0n) is 20.4. The van der Waals surface area contributed by atoms with E-state index in [1.165, 1.54) is 12.7 Å². The van der Waals surface area contributed by atoms with Crippen molar-refractivity contribution >= 4 is 22.8 Å². The maximum absolute atomic E-state index is 12.6. The second-order valence-corrected chi connectivity index (χ2v) is 9.23. The third kappa shape index (κ3) is 4.59. The molecule has 1 heterocycles. The Labute approximate surface area is 210 Å². The number of nitrogens with zero attached hydrogens (tertiary/aromatic N) is 1. The van der Waals surface area contributed by atoms with Crippen molar-refractivity contribution in [3.63, 3.8) is 0 Å². The lowest BCUT2D eigenvalue weighted by molar-refractivity contribution is -0.142. The minimum absolute atomic E-state index is 0.198. The van der Waals surface area contributed by atoms with Crippen molar-refractivity contribution in [2.24, 2.45) is 5.73 Å². The molecule has 0 fully saturated rings. The van der Waals surface area contributed by atoms with E-state index in [-0.39, 0.29) is 12.5 Å². The van der Waals surface area contributed by atoms with Gasteiger partial charge in [-0.05, 0) is 59.7 Å². The number of carbonyl (C=O) groups excluding carboxylic acids is 2. The Morgan fingerprint density at radius 3 is 2.53 bits per heavy atom. The Hall–Kier alpha value is -4.06. The fourth-order valence-corrected chi connectivity index (χ4v) is 5.32. The van der Waals surface area contributed by atoms with Gasteiger partial charge in [0.15, 0.2) is 6.61 Å². The summed E-state index contributed by atoms with van der Waals surface area (Å²) in [6.45, 7) is 0.453. The van der Waals surface area contributed by atoms with Crippen LogP contribution in [-0.4, -0.2) is 30.2 Å². The molecule has 3 aromatic carbocycles. The van der Waals surface area contributed by atoms with Crippen LogP contribution in [-0.2, 0) is 27.3 Å². The zero-order chi connectivity index (χ0) is 25.1. The predicted octanol–water partition coefficient (Wildman–Crippen LogP) is 5.20. The van der Waals surface area contributed by atoms with E-state index >= 15 is 0 Å². The van der Waals surface area contributed by atoms with E-state index in [1.54, 1.807) is 0 Å². The average molecular weight is 483 g/mol. The number of nitrogens with two attached hydrogens (primary N) is 1. The fraction of sp³-hybridized carbons (Fsp3) is 0.267. The number of amides is 1. The van der Waals surface area contributed by atoms with Gasteiger partial charge < -0.3 is 19.8 Å². The van der Waals surface area contributed by atoms with Gasteiger partial charge in [0.25, 0.3) is 0 Å². The molecular weight excluding hydrogens is 452 g/mol. The van der Waals surface area contributed by atoms with E-state index in [0.717, 1.165) is 52.5 Å². The molecule has 1 unspecified atom stereocenters. The summed E-state index contributed by atoms with van der Waals surface area (Å²) in [5.41, 5.74) is 12.4. The number of ether oxygens (including phenoxy) is 2. The maximum Gasteiger partial charge on any atom is 0.343 e. The number of fused-ring (bicyclic) bond motifs is 3. The highest BCUT2D eigenvalue weighted by atomic mass is 16.6. The summed E-state index contributed by atoms with van der Waals surface area (Å²) in [5, 5.41) is 0.862. The van der Waals surface area contributed by atoms with Gasteiger partial charge in [0.1, 0.15) is 5.75 Å². The van der Waals surface area contributed by atoms with Crippen LogP contribution in [0.25, 0.3) is 22.0 Å². The molecule has 36 heavy (non-hydrogen) atoms. The van der Waals surface area contributed by atoms with Crippen molar-refractivity contribution in [2.75, 3.05) is 13.7 Å². The Morgan fingerprint density at radius 1 is 0.972 bits per heavy atom. The first-order valence-corrected chi connectivity index (χ1v) is 12.3. The van der Waals surface area contributed by atoms with Crippen molar-refractivity contribution < 1.29 is 19.1 Å². The predicted molar refractivity (Wildman–Crippen MR) is 140 cm³/mol. The zero-order valence-corrected chi connectivity index (χ0v) is 20.4. The Morgan fingerprint density at radius 2 is 1.75 bits per heavy atom. The van der Waals surface area contributed by atoms with Crippen LogP contribution in [0.3, 0.4) is 0 Å². The van der Waals surface area contributed by atoms with Crippen LogP contribution in [0.2, 0.25) is 0 Å². The van der Waals surface area contributed by atoms with Crippen LogP contribution in [0.5, 0.6) is 5.75 Å². The fourth-order valence-electron chi connectivity index (χ4n) is 5.32. The highest BCUT2D eigenvalue weighted by Gasteiger charge is 2.31. The molecule has 1 aromatic heterocycles. The summed E-state index contributed by atoms with van der Waals surface area (Å²) < 4.78 is 13.0. The van der Waals surface area contributed by atoms with Crippen LogP contribution in [0.1, 0.15) is 42.0 Å². The standard InChI is InChI=1S/C30H30N2O4/c1-35-27(33)19-36-26-16-8-15-25-29(26)28-23(30(31)34)13-5-6-14-24(28)32(25)18-20-9-7-12-22(17-20)21-10-3-2-4-11-21/h2-4,7-12,15-17,23H,5-6,13-14,18-19H2,1H3,(H2,31,34). The van der Waals surface area contributed by atoms with Gasteiger partial charge in [0, 0.05) is 17.6 Å². The van der Waals surface area contributed by atoms with Crippen molar-refractivity contribution in [2.45, 2.75) is 38.1 Å². The number of methoxy groups -OCH3 is 1. The van der Waals surface area contributed by atoms with Crippen LogP contribution in [0.4, 0.5) is 0 Å².